The summed E-state index contributed by atoms with van der Waals surface area (Å²) >= 11 is 11.1. The lowest BCUT2D eigenvalue weighted by molar-refractivity contribution is -0.123. The largest absolute Gasteiger partial charge is 0.484 e. The van der Waals surface area contributed by atoms with Crippen molar-refractivity contribution in [3.63, 3.8) is 0 Å². The van der Waals surface area contributed by atoms with E-state index in [2.05, 4.69) is 15.5 Å². The fourth-order valence-corrected chi connectivity index (χ4v) is 2.77. The number of ether oxygens (including phenoxy) is 1. The Kier molecular flexibility index (Phi) is 5.70. The zero-order chi connectivity index (χ0) is 18.5. The van der Waals surface area contributed by atoms with Crippen molar-refractivity contribution in [2.75, 3.05) is 6.61 Å². The van der Waals surface area contributed by atoms with Crippen molar-refractivity contribution in [2.45, 2.75) is 13.5 Å². The fraction of sp³-hybridized carbons (Fsp3) is 0.167. The number of aromatic amines is 1. The van der Waals surface area contributed by atoms with Crippen molar-refractivity contribution < 1.29 is 9.53 Å². The van der Waals surface area contributed by atoms with E-state index in [4.69, 9.17) is 28.6 Å². The van der Waals surface area contributed by atoms with E-state index in [9.17, 15) is 4.79 Å². The van der Waals surface area contributed by atoms with Crippen LogP contribution in [0.4, 0.5) is 0 Å². The summed E-state index contributed by atoms with van der Waals surface area (Å²) in [7, 11) is 0. The summed E-state index contributed by atoms with van der Waals surface area (Å²) in [5.41, 5.74) is 2.00. The van der Waals surface area contributed by atoms with E-state index >= 15 is 0 Å². The molecule has 3 aromatic rings. The molecule has 2 aromatic carbocycles. The summed E-state index contributed by atoms with van der Waals surface area (Å²) in [4.78, 5) is 12.0. The molecule has 0 bridgehead atoms. The van der Waals surface area contributed by atoms with Crippen molar-refractivity contribution in [1.29, 1.82) is 0 Å². The first-order valence-electron chi connectivity index (χ1n) is 7.91. The molecule has 1 amide bonds. The summed E-state index contributed by atoms with van der Waals surface area (Å²) < 4.78 is 7.68. The third kappa shape index (κ3) is 4.50. The van der Waals surface area contributed by atoms with Crippen molar-refractivity contribution in [3.8, 4) is 11.4 Å². The van der Waals surface area contributed by atoms with Crippen LogP contribution in [0.1, 0.15) is 11.4 Å². The molecule has 0 atom stereocenters. The molecule has 1 aromatic heterocycles. The Morgan fingerprint density at radius 1 is 1.31 bits per heavy atom. The summed E-state index contributed by atoms with van der Waals surface area (Å²) in [5, 5.41) is 10.4. The van der Waals surface area contributed by atoms with E-state index in [1.165, 1.54) is 0 Å². The van der Waals surface area contributed by atoms with Crippen molar-refractivity contribution >= 4 is 29.7 Å². The van der Waals surface area contributed by atoms with Gasteiger partial charge in [0.05, 0.1) is 6.54 Å². The number of nitrogens with one attached hydrogen (secondary N) is 2. The van der Waals surface area contributed by atoms with E-state index < -0.39 is 0 Å². The smallest absolute Gasteiger partial charge is 0.258 e. The number of rotatable bonds is 6. The highest BCUT2D eigenvalue weighted by molar-refractivity contribution is 7.71. The molecule has 0 aliphatic carbocycles. The lowest BCUT2D eigenvalue weighted by atomic mass is 10.2. The Hall–Kier alpha value is -2.64. The predicted octanol–water partition coefficient (Wildman–Crippen LogP) is 3.59. The molecule has 6 nitrogen and oxygen atoms in total. The van der Waals surface area contributed by atoms with Gasteiger partial charge in [0.1, 0.15) is 5.75 Å². The van der Waals surface area contributed by atoms with E-state index in [0.29, 0.717) is 21.4 Å². The predicted molar refractivity (Wildman–Crippen MR) is 102 cm³/mol. The van der Waals surface area contributed by atoms with Gasteiger partial charge in [0.15, 0.2) is 17.2 Å². The second kappa shape index (κ2) is 8.16. The molecule has 0 aliphatic heterocycles. The Morgan fingerprint density at radius 2 is 2.08 bits per heavy atom. The van der Waals surface area contributed by atoms with Crippen LogP contribution >= 0.6 is 23.8 Å². The van der Waals surface area contributed by atoms with E-state index in [1.807, 2.05) is 31.2 Å². The summed E-state index contributed by atoms with van der Waals surface area (Å²) in [5.74, 6) is 0.928. The molecule has 8 heteroatoms. The summed E-state index contributed by atoms with van der Waals surface area (Å²) in [6, 6.07) is 14.7. The van der Waals surface area contributed by atoms with Gasteiger partial charge in [-0.2, -0.15) is 5.10 Å². The molecule has 0 fully saturated rings. The average molecular weight is 389 g/mol. The van der Waals surface area contributed by atoms with E-state index in [0.717, 1.165) is 11.3 Å². The van der Waals surface area contributed by atoms with Crippen molar-refractivity contribution in [2.24, 2.45) is 0 Å². The first-order valence-corrected chi connectivity index (χ1v) is 8.70. The molecule has 0 aliphatic rings. The van der Waals surface area contributed by atoms with Gasteiger partial charge in [-0.25, -0.2) is 0 Å². The van der Waals surface area contributed by atoms with Gasteiger partial charge in [0, 0.05) is 10.7 Å². The molecule has 0 unspecified atom stereocenters. The highest BCUT2D eigenvalue weighted by Crippen LogP contribution is 2.15. The zero-order valence-corrected chi connectivity index (χ0v) is 15.6. The highest BCUT2D eigenvalue weighted by atomic mass is 35.5. The first-order chi connectivity index (χ1) is 12.5. The van der Waals surface area contributed by atoms with Gasteiger partial charge in [-0.15, -0.1) is 0 Å². The Morgan fingerprint density at radius 3 is 2.81 bits per heavy atom. The minimum atomic E-state index is -0.260. The van der Waals surface area contributed by atoms with Crippen LogP contribution in [0.3, 0.4) is 0 Å². The van der Waals surface area contributed by atoms with Gasteiger partial charge in [-0.05, 0) is 61.1 Å². The Bertz CT molecular complexity index is 966. The van der Waals surface area contributed by atoms with Gasteiger partial charge in [-0.1, -0.05) is 23.7 Å². The minimum absolute atomic E-state index is 0.1000. The maximum atomic E-state index is 12.0. The molecule has 1 heterocycles. The number of hydrogen-bond acceptors (Lipinski definition) is 4. The van der Waals surface area contributed by atoms with Crippen LogP contribution in [0.5, 0.6) is 5.75 Å². The monoisotopic (exact) mass is 388 g/mol. The van der Waals surface area contributed by atoms with Crippen LogP contribution in [0.15, 0.2) is 48.5 Å². The Labute approximate surface area is 160 Å². The molecule has 0 saturated carbocycles. The third-order valence-electron chi connectivity index (χ3n) is 3.63. The quantitative estimate of drug-likeness (QED) is 0.633. The lowest BCUT2D eigenvalue weighted by Gasteiger charge is -2.09. The number of aryl methyl sites for hydroxylation is 1. The molecular formula is C18H17ClN4O2S. The molecule has 0 saturated heterocycles. The second-order valence-corrected chi connectivity index (χ2v) is 6.46. The SMILES string of the molecule is Cc1cccc(-n2c(CNC(=O)COc3ccc(Cl)cc3)n[nH]c2=S)c1. The molecule has 26 heavy (non-hydrogen) atoms. The van der Waals surface area contributed by atoms with Crippen molar-refractivity contribution in [3.05, 3.63) is 69.7 Å². The number of aromatic nitrogens is 3. The molecular weight excluding hydrogens is 372 g/mol. The summed E-state index contributed by atoms with van der Waals surface area (Å²) in [6.45, 7) is 2.13. The molecule has 3 rings (SSSR count). The zero-order valence-electron chi connectivity index (χ0n) is 14.0. The van der Waals surface area contributed by atoms with Crippen LogP contribution in [-0.2, 0) is 11.3 Å². The van der Waals surface area contributed by atoms with Crippen LogP contribution < -0.4 is 10.1 Å². The lowest BCUT2D eigenvalue weighted by Crippen LogP contribution is -2.29. The number of carbonyl (C=O) groups is 1. The minimum Gasteiger partial charge on any atom is -0.484 e. The molecule has 0 radical (unpaired) electrons. The second-order valence-electron chi connectivity index (χ2n) is 5.64. The normalized spacial score (nSPS) is 10.5. The van der Waals surface area contributed by atoms with Gasteiger partial charge >= 0.3 is 0 Å². The maximum Gasteiger partial charge on any atom is 0.258 e. The molecule has 2 N–H and O–H groups in total. The van der Waals surface area contributed by atoms with Gasteiger partial charge in [0.25, 0.3) is 5.91 Å². The van der Waals surface area contributed by atoms with Gasteiger partial charge in [-0.3, -0.25) is 14.5 Å². The van der Waals surface area contributed by atoms with Crippen molar-refractivity contribution in [1.82, 2.24) is 20.1 Å². The van der Waals surface area contributed by atoms with Crippen LogP contribution in [-0.4, -0.2) is 27.3 Å². The number of amides is 1. The topological polar surface area (TPSA) is 71.9 Å². The third-order valence-corrected chi connectivity index (χ3v) is 4.15. The number of hydrogen-bond donors (Lipinski definition) is 2. The number of H-pyrrole nitrogens is 1. The Balaban J connectivity index is 1.62. The number of halogens is 1. The number of nitrogens with zero attached hydrogens (tertiary/aromatic N) is 2. The van der Waals surface area contributed by atoms with Crippen LogP contribution in [0.2, 0.25) is 5.02 Å². The maximum absolute atomic E-state index is 12.0. The van der Waals surface area contributed by atoms with Crippen LogP contribution in [0.25, 0.3) is 5.69 Å². The van der Waals surface area contributed by atoms with E-state index in [-0.39, 0.29) is 19.1 Å². The first kappa shape index (κ1) is 18.2. The number of benzene rings is 2. The highest BCUT2D eigenvalue weighted by Gasteiger charge is 2.10. The average Bonchev–Trinajstić information content (AvgIpc) is 3.00. The summed E-state index contributed by atoms with van der Waals surface area (Å²) in [6.07, 6.45) is 0. The van der Waals surface area contributed by atoms with Crippen LogP contribution in [0, 0.1) is 11.7 Å². The molecule has 0 spiro atoms. The van der Waals surface area contributed by atoms with Gasteiger partial charge < -0.3 is 10.1 Å². The van der Waals surface area contributed by atoms with E-state index in [1.54, 1.807) is 28.8 Å². The number of carbonyl (C=O) groups excluding carboxylic acids is 1. The standard InChI is InChI=1S/C18H17ClN4O2S/c1-12-3-2-4-14(9-12)23-16(21-22-18(23)26)10-20-17(24)11-25-15-7-5-13(19)6-8-15/h2-9H,10-11H2,1H3,(H,20,24)(H,22,26). The fourth-order valence-electron chi connectivity index (χ4n) is 2.39. The van der Waals surface area contributed by atoms with Gasteiger partial charge in [0.2, 0.25) is 0 Å². The molecule has 134 valence electrons.